The molecule has 2 fully saturated rings. The Morgan fingerprint density at radius 3 is 2.44 bits per heavy atom. The molecule has 4 aliphatic rings. The molecule has 0 bridgehead atoms. The molecule has 1 aromatic heterocycles. The summed E-state index contributed by atoms with van der Waals surface area (Å²) in [5, 5.41) is 19.6. The van der Waals surface area contributed by atoms with Crippen LogP contribution in [0.3, 0.4) is 0 Å². The molecule has 3 heterocycles. The zero-order chi connectivity index (χ0) is 32.3. The topological polar surface area (TPSA) is 106 Å². The Balaban J connectivity index is 1.52. The van der Waals surface area contributed by atoms with Gasteiger partial charge in [0.25, 0.3) is 0 Å². The lowest BCUT2D eigenvalue weighted by atomic mass is 9.72. The average Bonchev–Trinajstić information content (AvgIpc) is 3.57. The Labute approximate surface area is 277 Å². The van der Waals surface area contributed by atoms with Crippen molar-refractivity contribution in [3.8, 4) is 6.07 Å². The van der Waals surface area contributed by atoms with Crippen molar-refractivity contribution >= 4 is 17.5 Å². The minimum absolute atomic E-state index is 0.173. The fourth-order valence-electron chi connectivity index (χ4n) is 8.61. The van der Waals surface area contributed by atoms with E-state index in [1.807, 2.05) is 0 Å². The van der Waals surface area contributed by atoms with Crippen molar-refractivity contribution < 1.29 is 0 Å². The molecule has 246 valence electrons. The Bertz CT molecular complexity index is 1350. The summed E-state index contributed by atoms with van der Waals surface area (Å²) in [6.45, 7) is 7.84. The number of aromatic nitrogens is 2. The Morgan fingerprint density at radius 1 is 1.13 bits per heavy atom. The monoisotopic (exact) mass is 631 g/mol. The molecule has 7 nitrogen and oxygen atoms in total. The van der Waals surface area contributed by atoms with E-state index in [1.165, 1.54) is 60.3 Å². The number of thioether (sulfide) groups is 1. The molecule has 2 aliphatic heterocycles. The first-order valence-electron chi connectivity index (χ1n) is 17.7. The fourth-order valence-corrected chi connectivity index (χ4v) is 9.95. The van der Waals surface area contributed by atoms with Gasteiger partial charge in [-0.2, -0.15) is 5.26 Å². The molecule has 0 spiro atoms. The van der Waals surface area contributed by atoms with E-state index in [2.05, 4.69) is 57.8 Å². The number of hydrogen-bond acceptors (Lipinski definition) is 8. The van der Waals surface area contributed by atoms with Gasteiger partial charge in [-0.1, -0.05) is 25.8 Å². The van der Waals surface area contributed by atoms with Gasteiger partial charge in [-0.05, 0) is 146 Å². The zero-order valence-electron chi connectivity index (χ0n) is 28.8. The Hall–Kier alpha value is -2.05. The maximum atomic E-state index is 10.1. The van der Waals surface area contributed by atoms with Gasteiger partial charge in [-0.25, -0.2) is 9.97 Å². The molecule has 1 saturated carbocycles. The second kappa shape index (κ2) is 14.8. The van der Waals surface area contributed by atoms with E-state index in [4.69, 9.17) is 15.7 Å². The van der Waals surface area contributed by atoms with Crippen LogP contribution in [0.2, 0.25) is 0 Å². The molecule has 5 rings (SSSR count). The summed E-state index contributed by atoms with van der Waals surface area (Å²) in [5.41, 5.74) is 14.4. The van der Waals surface area contributed by atoms with E-state index >= 15 is 0 Å². The summed E-state index contributed by atoms with van der Waals surface area (Å²) in [6.07, 6.45) is 16.3. The second-order valence-corrected chi connectivity index (χ2v) is 15.6. The van der Waals surface area contributed by atoms with Crippen LogP contribution in [0, 0.1) is 28.6 Å². The van der Waals surface area contributed by atoms with Gasteiger partial charge in [0.15, 0.2) is 5.82 Å². The minimum atomic E-state index is -0.246. The number of aryl methyl sites for hydroxylation is 2. The SMILES string of the molecule is CCC/C(C(=N)c1nc(CCC2CCCN2C)c(CC)c(CCC2(N(C)C)CCC2)n1)=C(/C)[C@H]1CCCC2=C1C(C#N)C(N)S2. The molecule has 3 unspecified atom stereocenters. The van der Waals surface area contributed by atoms with Gasteiger partial charge >= 0.3 is 0 Å². The largest absolute Gasteiger partial charge is 0.318 e. The predicted octanol–water partition coefficient (Wildman–Crippen LogP) is 7.19. The average molecular weight is 632 g/mol. The summed E-state index contributed by atoms with van der Waals surface area (Å²) >= 11 is 1.70. The number of hydrogen-bond donors (Lipinski definition) is 2. The van der Waals surface area contributed by atoms with Crippen LogP contribution in [0.25, 0.3) is 0 Å². The van der Waals surface area contributed by atoms with Crippen LogP contribution < -0.4 is 5.73 Å². The Kier molecular flexibility index (Phi) is 11.3. The summed E-state index contributed by atoms with van der Waals surface area (Å²) in [5.74, 6) is 0.531. The van der Waals surface area contributed by atoms with E-state index < -0.39 is 0 Å². The molecule has 1 aromatic rings. The van der Waals surface area contributed by atoms with Crippen LogP contribution in [-0.4, -0.2) is 70.1 Å². The number of rotatable bonds is 13. The van der Waals surface area contributed by atoms with E-state index in [0.29, 0.717) is 17.6 Å². The number of nitrogens with zero attached hydrogens (tertiary/aromatic N) is 5. The number of allylic oxidation sites excluding steroid dienone is 3. The third-order valence-corrected chi connectivity index (χ3v) is 12.9. The molecule has 2 aliphatic carbocycles. The third-order valence-electron chi connectivity index (χ3n) is 11.7. The lowest BCUT2D eigenvalue weighted by molar-refractivity contribution is 0.0514. The van der Waals surface area contributed by atoms with E-state index in [1.54, 1.807) is 11.8 Å². The van der Waals surface area contributed by atoms with Crippen LogP contribution >= 0.6 is 11.8 Å². The first-order valence-corrected chi connectivity index (χ1v) is 18.6. The minimum Gasteiger partial charge on any atom is -0.318 e. The van der Waals surface area contributed by atoms with Gasteiger partial charge in [-0.15, -0.1) is 11.8 Å². The molecule has 8 heteroatoms. The fraction of sp³-hybridized carbons (Fsp3) is 0.730. The van der Waals surface area contributed by atoms with Crippen molar-refractivity contribution in [1.82, 2.24) is 19.8 Å². The van der Waals surface area contributed by atoms with Crippen LogP contribution in [0.15, 0.2) is 21.6 Å². The first kappa shape index (κ1) is 34.3. The third kappa shape index (κ3) is 6.98. The number of likely N-dealkylation sites (tertiary alicyclic amines) is 1. The lowest BCUT2D eigenvalue weighted by Gasteiger charge is -2.47. The first-order chi connectivity index (χ1) is 21.6. The molecular weight excluding hydrogens is 575 g/mol. The highest BCUT2D eigenvalue weighted by Crippen LogP contribution is 2.51. The maximum absolute atomic E-state index is 10.1. The van der Waals surface area contributed by atoms with Crippen LogP contribution in [0.1, 0.15) is 121 Å². The highest BCUT2D eigenvalue weighted by Gasteiger charge is 2.41. The van der Waals surface area contributed by atoms with Crippen molar-refractivity contribution in [3.05, 3.63) is 44.4 Å². The van der Waals surface area contributed by atoms with Gasteiger partial charge in [0.05, 0.1) is 17.4 Å². The molecule has 3 N–H and O–H groups in total. The van der Waals surface area contributed by atoms with Crippen molar-refractivity contribution in [1.29, 1.82) is 10.7 Å². The maximum Gasteiger partial charge on any atom is 0.178 e. The lowest BCUT2D eigenvalue weighted by Crippen LogP contribution is -2.50. The zero-order valence-corrected chi connectivity index (χ0v) is 29.7. The number of nitrogens with two attached hydrogens (primary N) is 1. The predicted molar refractivity (Wildman–Crippen MR) is 187 cm³/mol. The highest BCUT2D eigenvalue weighted by atomic mass is 32.2. The quantitative estimate of drug-likeness (QED) is 0.222. The van der Waals surface area contributed by atoms with Crippen LogP contribution in [0.4, 0.5) is 0 Å². The number of nitrogens with one attached hydrogen (secondary N) is 1. The second-order valence-electron chi connectivity index (χ2n) is 14.4. The van der Waals surface area contributed by atoms with Crippen molar-refractivity contribution in [2.24, 2.45) is 17.6 Å². The molecule has 45 heavy (non-hydrogen) atoms. The van der Waals surface area contributed by atoms with Crippen molar-refractivity contribution in [2.75, 3.05) is 27.7 Å². The van der Waals surface area contributed by atoms with Gasteiger partial charge in [0, 0.05) is 28.9 Å². The normalized spacial score (nSPS) is 26.9. The van der Waals surface area contributed by atoms with Crippen molar-refractivity contribution in [3.63, 3.8) is 0 Å². The van der Waals surface area contributed by atoms with Gasteiger partial charge in [-0.3, -0.25) is 5.41 Å². The molecule has 0 aromatic carbocycles. The molecule has 1 saturated heterocycles. The van der Waals surface area contributed by atoms with Gasteiger partial charge in [0.1, 0.15) is 5.71 Å². The van der Waals surface area contributed by atoms with Crippen molar-refractivity contribution in [2.45, 2.75) is 134 Å². The van der Waals surface area contributed by atoms with Crippen LogP contribution in [-0.2, 0) is 19.3 Å². The Morgan fingerprint density at radius 2 is 1.87 bits per heavy atom. The molecule has 0 radical (unpaired) electrons. The van der Waals surface area contributed by atoms with Gasteiger partial charge < -0.3 is 15.5 Å². The highest BCUT2D eigenvalue weighted by molar-refractivity contribution is 8.03. The number of nitriles is 1. The summed E-state index contributed by atoms with van der Waals surface area (Å²) in [6, 6.07) is 3.14. The molecular formula is C37H57N7S. The summed E-state index contributed by atoms with van der Waals surface area (Å²) in [4.78, 5) is 16.8. The smallest absolute Gasteiger partial charge is 0.178 e. The van der Waals surface area contributed by atoms with Crippen LogP contribution in [0.5, 0.6) is 0 Å². The van der Waals surface area contributed by atoms with Gasteiger partial charge in [0.2, 0.25) is 0 Å². The molecule has 4 atom stereocenters. The summed E-state index contributed by atoms with van der Waals surface area (Å²) < 4.78 is 0. The van der Waals surface area contributed by atoms with E-state index in [9.17, 15) is 10.7 Å². The standard InChI is InChI=1S/C37H57N7S/c1-7-12-28(24(3)27-14-9-15-32-33(27)29(23-38)35(40)45-32)34(39)36-41-30(17-16-25-13-10-22-44(25)6)26(8-2)31(42-36)18-21-37(43(4)5)19-11-20-37/h25,27,29,35,39H,7-22,40H2,1-6H3/b28-24+,39-34?/t25?,27-,29?,35?/m1/s1. The van der Waals surface area contributed by atoms with E-state index in [0.717, 1.165) is 81.2 Å². The van der Waals surface area contributed by atoms with E-state index in [-0.39, 0.29) is 22.7 Å². The summed E-state index contributed by atoms with van der Waals surface area (Å²) in [7, 11) is 6.72. The molecule has 0 amide bonds.